The Balaban J connectivity index is 1.82. The lowest BCUT2D eigenvalue weighted by molar-refractivity contribution is 0.0222. The average molecular weight is 296 g/mol. The highest BCUT2D eigenvalue weighted by Crippen LogP contribution is 2.25. The molecular formula is C17H32N2O2. The van der Waals surface area contributed by atoms with Gasteiger partial charge in [-0.3, -0.25) is 0 Å². The summed E-state index contributed by atoms with van der Waals surface area (Å²) in [7, 11) is 0. The number of nitrogens with zero attached hydrogens (tertiary/aromatic N) is 1. The van der Waals surface area contributed by atoms with Crippen molar-refractivity contribution in [3.05, 3.63) is 0 Å². The smallest absolute Gasteiger partial charge is 0.410 e. The van der Waals surface area contributed by atoms with Crippen LogP contribution >= 0.6 is 0 Å². The second-order valence-electron chi connectivity index (χ2n) is 7.75. The normalized spacial score (nSPS) is 30.5. The number of ether oxygens (including phenoxy) is 1. The maximum Gasteiger partial charge on any atom is 0.410 e. The monoisotopic (exact) mass is 296 g/mol. The average Bonchev–Trinajstić information content (AvgIpc) is 2.84. The van der Waals surface area contributed by atoms with E-state index in [1.807, 2.05) is 25.7 Å². The quantitative estimate of drug-likeness (QED) is 0.866. The van der Waals surface area contributed by atoms with Crippen LogP contribution in [0, 0.1) is 5.92 Å². The molecule has 1 N–H and O–H groups in total. The summed E-state index contributed by atoms with van der Waals surface area (Å²) in [4.78, 5) is 14.2. The fourth-order valence-electron chi connectivity index (χ4n) is 3.52. The lowest BCUT2D eigenvalue weighted by Gasteiger charge is -2.33. The van der Waals surface area contributed by atoms with Gasteiger partial charge < -0.3 is 15.0 Å². The molecule has 1 heterocycles. The number of rotatable bonds is 3. The zero-order valence-electron chi connectivity index (χ0n) is 14.2. The number of hydrogen-bond donors (Lipinski definition) is 1. The van der Waals surface area contributed by atoms with Crippen LogP contribution in [-0.2, 0) is 4.74 Å². The van der Waals surface area contributed by atoms with Crippen molar-refractivity contribution in [1.29, 1.82) is 0 Å². The Morgan fingerprint density at radius 1 is 1.19 bits per heavy atom. The van der Waals surface area contributed by atoms with Gasteiger partial charge in [-0.25, -0.2) is 4.79 Å². The van der Waals surface area contributed by atoms with Crippen LogP contribution < -0.4 is 5.32 Å². The van der Waals surface area contributed by atoms with Crippen molar-refractivity contribution in [2.24, 2.45) is 5.92 Å². The van der Waals surface area contributed by atoms with E-state index in [-0.39, 0.29) is 6.09 Å². The Morgan fingerprint density at radius 3 is 2.57 bits per heavy atom. The van der Waals surface area contributed by atoms with Crippen LogP contribution in [0.3, 0.4) is 0 Å². The summed E-state index contributed by atoms with van der Waals surface area (Å²) in [6.07, 6.45) is 7.34. The van der Waals surface area contributed by atoms with Gasteiger partial charge in [-0.1, -0.05) is 19.8 Å². The van der Waals surface area contributed by atoms with Crippen molar-refractivity contribution < 1.29 is 9.53 Å². The van der Waals surface area contributed by atoms with Crippen molar-refractivity contribution >= 4 is 6.09 Å². The van der Waals surface area contributed by atoms with E-state index in [9.17, 15) is 4.79 Å². The third-order valence-electron chi connectivity index (χ3n) is 4.73. The van der Waals surface area contributed by atoms with Crippen LogP contribution in [0.4, 0.5) is 4.79 Å². The fourth-order valence-corrected chi connectivity index (χ4v) is 3.52. The highest BCUT2D eigenvalue weighted by atomic mass is 16.6. The van der Waals surface area contributed by atoms with Crippen molar-refractivity contribution in [3.8, 4) is 0 Å². The zero-order chi connectivity index (χ0) is 15.5. The first kappa shape index (κ1) is 16.6. The first-order valence-corrected chi connectivity index (χ1v) is 8.60. The lowest BCUT2D eigenvalue weighted by Crippen LogP contribution is -2.47. The van der Waals surface area contributed by atoms with Gasteiger partial charge in [0.25, 0.3) is 0 Å². The molecule has 4 nitrogen and oxygen atoms in total. The third-order valence-corrected chi connectivity index (χ3v) is 4.73. The summed E-state index contributed by atoms with van der Waals surface area (Å²) in [5.41, 5.74) is -0.407. The number of carbonyl (C=O) groups excluding carboxylic acids is 1. The fraction of sp³-hybridized carbons (Fsp3) is 0.941. The van der Waals surface area contributed by atoms with E-state index in [1.165, 1.54) is 25.7 Å². The molecule has 1 saturated heterocycles. The molecule has 1 aliphatic heterocycles. The summed E-state index contributed by atoms with van der Waals surface area (Å²) >= 11 is 0. The van der Waals surface area contributed by atoms with Crippen LogP contribution in [0.2, 0.25) is 0 Å². The molecule has 0 spiro atoms. The van der Waals surface area contributed by atoms with Crippen molar-refractivity contribution in [3.63, 3.8) is 0 Å². The molecule has 0 radical (unpaired) electrons. The Kier molecular flexibility index (Phi) is 5.53. The van der Waals surface area contributed by atoms with E-state index in [0.29, 0.717) is 12.1 Å². The second kappa shape index (κ2) is 6.99. The molecule has 4 heteroatoms. The van der Waals surface area contributed by atoms with Gasteiger partial charge in [0, 0.05) is 25.2 Å². The van der Waals surface area contributed by atoms with Crippen molar-refractivity contribution in [2.75, 3.05) is 13.1 Å². The third kappa shape index (κ3) is 4.87. The van der Waals surface area contributed by atoms with Crippen LogP contribution in [0.5, 0.6) is 0 Å². The van der Waals surface area contributed by atoms with Gasteiger partial charge in [0.15, 0.2) is 0 Å². The molecule has 0 bridgehead atoms. The van der Waals surface area contributed by atoms with Crippen LogP contribution in [0.1, 0.15) is 66.2 Å². The summed E-state index contributed by atoms with van der Waals surface area (Å²) in [6.45, 7) is 9.88. The predicted octanol–water partition coefficient (Wildman–Crippen LogP) is 3.55. The molecule has 1 aliphatic carbocycles. The minimum atomic E-state index is -0.407. The first-order chi connectivity index (χ1) is 9.87. The minimum absolute atomic E-state index is 0.150. The van der Waals surface area contributed by atoms with Gasteiger partial charge in [-0.2, -0.15) is 0 Å². The Morgan fingerprint density at radius 2 is 1.90 bits per heavy atom. The van der Waals surface area contributed by atoms with E-state index < -0.39 is 5.60 Å². The van der Waals surface area contributed by atoms with Gasteiger partial charge in [0.05, 0.1) is 0 Å². The topological polar surface area (TPSA) is 41.6 Å². The summed E-state index contributed by atoms with van der Waals surface area (Å²) in [5, 5.41) is 3.71. The van der Waals surface area contributed by atoms with Crippen LogP contribution in [-0.4, -0.2) is 41.8 Å². The van der Waals surface area contributed by atoms with E-state index in [4.69, 9.17) is 4.74 Å². The molecule has 0 aromatic heterocycles. The summed E-state index contributed by atoms with van der Waals surface area (Å²) in [6, 6.07) is 0.925. The van der Waals surface area contributed by atoms with Crippen LogP contribution in [0.15, 0.2) is 0 Å². The molecular weight excluding hydrogens is 264 g/mol. The molecule has 3 atom stereocenters. The van der Waals surface area contributed by atoms with E-state index in [0.717, 1.165) is 31.8 Å². The highest BCUT2D eigenvalue weighted by Gasteiger charge is 2.32. The maximum absolute atomic E-state index is 12.3. The van der Waals surface area contributed by atoms with Crippen LogP contribution in [0.25, 0.3) is 0 Å². The maximum atomic E-state index is 12.3. The van der Waals surface area contributed by atoms with Gasteiger partial charge >= 0.3 is 6.09 Å². The minimum Gasteiger partial charge on any atom is -0.444 e. The lowest BCUT2D eigenvalue weighted by atomic mass is 9.86. The number of amides is 1. The molecule has 1 saturated carbocycles. The van der Waals surface area contributed by atoms with Crippen molar-refractivity contribution in [1.82, 2.24) is 10.2 Å². The Hall–Kier alpha value is -0.770. The molecule has 1 amide bonds. The van der Waals surface area contributed by atoms with Gasteiger partial charge in [-0.15, -0.1) is 0 Å². The van der Waals surface area contributed by atoms with E-state index in [2.05, 4.69) is 12.2 Å². The Labute approximate surface area is 129 Å². The molecule has 2 rings (SSSR count). The largest absolute Gasteiger partial charge is 0.444 e. The van der Waals surface area contributed by atoms with Gasteiger partial charge in [0.1, 0.15) is 5.60 Å². The second-order valence-corrected chi connectivity index (χ2v) is 7.75. The zero-order valence-corrected chi connectivity index (χ0v) is 14.2. The molecule has 0 aromatic carbocycles. The molecule has 122 valence electrons. The van der Waals surface area contributed by atoms with E-state index >= 15 is 0 Å². The Bertz CT molecular complexity index is 351. The van der Waals surface area contributed by atoms with E-state index in [1.54, 1.807) is 0 Å². The van der Waals surface area contributed by atoms with Gasteiger partial charge in [0.2, 0.25) is 0 Å². The molecule has 2 aliphatic rings. The molecule has 3 unspecified atom stereocenters. The summed E-state index contributed by atoms with van der Waals surface area (Å²) in [5.74, 6) is 0.759. The number of likely N-dealkylation sites (tertiary alicyclic amines) is 1. The molecule has 2 fully saturated rings. The van der Waals surface area contributed by atoms with Gasteiger partial charge in [-0.05, 0) is 52.4 Å². The first-order valence-electron chi connectivity index (χ1n) is 8.60. The SMILES string of the molecule is CC1CCCCC1NCC1CCCN1C(=O)OC(C)(C)C. The number of nitrogens with one attached hydrogen (secondary N) is 1. The molecule has 0 aromatic rings. The predicted molar refractivity (Wildman–Crippen MR) is 85.4 cm³/mol. The number of carbonyl (C=O) groups is 1. The standard InChI is InChI=1S/C17H32N2O2/c1-13-8-5-6-10-15(13)18-12-14-9-7-11-19(14)16(20)21-17(2,3)4/h13-15,18H,5-12H2,1-4H3. The summed E-state index contributed by atoms with van der Waals surface area (Å²) < 4.78 is 5.52. The highest BCUT2D eigenvalue weighted by molar-refractivity contribution is 5.69. The number of hydrogen-bond acceptors (Lipinski definition) is 3. The van der Waals surface area contributed by atoms with Crippen molar-refractivity contribution in [2.45, 2.75) is 83.9 Å². The molecule has 21 heavy (non-hydrogen) atoms.